The van der Waals surface area contributed by atoms with Crippen LogP contribution < -0.4 is 15.7 Å². The monoisotopic (exact) mass is 327 g/mol. The number of hydrogen-bond acceptors (Lipinski definition) is 5. The number of nitrogens with zero attached hydrogens (tertiary/aromatic N) is 2. The van der Waals surface area contributed by atoms with Gasteiger partial charge in [0, 0.05) is 30.6 Å². The number of anilines is 1. The average Bonchev–Trinajstić information content (AvgIpc) is 2.84. The molecule has 0 fully saturated rings. The zero-order valence-electron chi connectivity index (χ0n) is 13.6. The maximum atomic E-state index is 12.6. The summed E-state index contributed by atoms with van der Waals surface area (Å²) in [6, 6.07) is 7.97. The first-order valence-electron chi connectivity index (χ1n) is 7.50. The van der Waals surface area contributed by atoms with E-state index in [4.69, 9.17) is 9.15 Å². The number of carbonyl (C=O) groups excluding carboxylic acids is 1. The molecular weight excluding hydrogens is 310 g/mol. The van der Waals surface area contributed by atoms with Crippen molar-refractivity contribution in [3.63, 3.8) is 0 Å². The van der Waals surface area contributed by atoms with Crippen LogP contribution >= 0.6 is 0 Å². The van der Waals surface area contributed by atoms with Crippen LogP contribution in [0.4, 0.5) is 5.82 Å². The van der Waals surface area contributed by atoms with E-state index in [2.05, 4.69) is 10.4 Å². The smallest absolute Gasteiger partial charge is 0.337 e. The van der Waals surface area contributed by atoms with Crippen molar-refractivity contribution in [1.29, 1.82) is 0 Å². The highest BCUT2D eigenvalue weighted by molar-refractivity contribution is 6.11. The predicted molar refractivity (Wildman–Crippen MR) is 89.6 cm³/mol. The normalized spacial score (nSPS) is 10.8. The third kappa shape index (κ3) is 3.01. The number of amides is 1. The van der Waals surface area contributed by atoms with Crippen molar-refractivity contribution in [3.8, 4) is 5.75 Å². The molecule has 7 nitrogen and oxygen atoms in total. The lowest BCUT2D eigenvalue weighted by Crippen LogP contribution is -2.17. The number of hydrogen-bond donors (Lipinski definition) is 1. The summed E-state index contributed by atoms with van der Waals surface area (Å²) in [5.41, 5.74) is 0.733. The summed E-state index contributed by atoms with van der Waals surface area (Å²) in [6.07, 6.45) is 0. The first kappa shape index (κ1) is 15.8. The van der Waals surface area contributed by atoms with Gasteiger partial charge in [0.15, 0.2) is 0 Å². The van der Waals surface area contributed by atoms with Crippen LogP contribution in [0, 0.1) is 6.92 Å². The third-order valence-electron chi connectivity index (χ3n) is 3.52. The van der Waals surface area contributed by atoms with Crippen molar-refractivity contribution in [3.05, 3.63) is 52.0 Å². The molecule has 2 aromatic heterocycles. The van der Waals surface area contributed by atoms with Crippen molar-refractivity contribution >= 4 is 22.7 Å². The lowest BCUT2D eigenvalue weighted by Gasteiger charge is -2.08. The maximum absolute atomic E-state index is 12.6. The van der Waals surface area contributed by atoms with Gasteiger partial charge >= 0.3 is 5.63 Å². The second-order valence-electron chi connectivity index (χ2n) is 5.32. The largest absolute Gasteiger partial charge is 0.494 e. The van der Waals surface area contributed by atoms with E-state index in [-0.39, 0.29) is 5.56 Å². The second-order valence-corrected chi connectivity index (χ2v) is 5.32. The van der Waals surface area contributed by atoms with Crippen molar-refractivity contribution in [2.45, 2.75) is 13.8 Å². The van der Waals surface area contributed by atoms with E-state index in [1.54, 1.807) is 36.0 Å². The number of benzene rings is 1. The van der Waals surface area contributed by atoms with Gasteiger partial charge < -0.3 is 14.5 Å². The zero-order chi connectivity index (χ0) is 17.3. The van der Waals surface area contributed by atoms with Crippen molar-refractivity contribution in [2.24, 2.45) is 7.05 Å². The van der Waals surface area contributed by atoms with Crippen LogP contribution in [0.25, 0.3) is 11.0 Å². The Bertz CT molecular complexity index is 972. The SMILES string of the molecule is CCOc1ccc2c(C(=O)Nc3cc(C)nn3C)cc(=O)oc2c1. The molecule has 1 aromatic carbocycles. The number of carbonyl (C=O) groups is 1. The Kier molecular flexibility index (Phi) is 4.07. The molecule has 0 atom stereocenters. The van der Waals surface area contributed by atoms with E-state index >= 15 is 0 Å². The number of ether oxygens (including phenoxy) is 1. The molecule has 24 heavy (non-hydrogen) atoms. The second kappa shape index (κ2) is 6.19. The molecule has 3 aromatic rings. The van der Waals surface area contributed by atoms with Gasteiger partial charge in [-0.15, -0.1) is 0 Å². The number of nitrogens with one attached hydrogen (secondary N) is 1. The van der Waals surface area contributed by atoms with Gasteiger partial charge in [-0.05, 0) is 26.0 Å². The molecule has 0 spiro atoms. The third-order valence-corrected chi connectivity index (χ3v) is 3.52. The highest BCUT2D eigenvalue weighted by Gasteiger charge is 2.15. The minimum atomic E-state index is -0.595. The van der Waals surface area contributed by atoms with Crippen LogP contribution in [0.15, 0.2) is 39.5 Å². The molecule has 0 aliphatic rings. The molecule has 1 N–H and O–H groups in total. The van der Waals surface area contributed by atoms with Crippen LogP contribution in [0.1, 0.15) is 23.0 Å². The van der Waals surface area contributed by atoms with Gasteiger partial charge in [0.1, 0.15) is 17.2 Å². The Morgan fingerprint density at radius 1 is 1.33 bits per heavy atom. The van der Waals surface area contributed by atoms with Crippen LogP contribution in [-0.2, 0) is 7.05 Å². The Balaban J connectivity index is 2.03. The van der Waals surface area contributed by atoms with Gasteiger partial charge in [-0.3, -0.25) is 9.48 Å². The maximum Gasteiger partial charge on any atom is 0.337 e. The minimum absolute atomic E-state index is 0.239. The lowest BCUT2D eigenvalue weighted by atomic mass is 10.1. The van der Waals surface area contributed by atoms with Crippen LogP contribution in [-0.4, -0.2) is 22.3 Å². The number of rotatable bonds is 4. The molecule has 0 aliphatic carbocycles. The summed E-state index contributed by atoms with van der Waals surface area (Å²) in [6.45, 7) is 4.19. The standard InChI is InChI=1S/C17H17N3O4/c1-4-23-11-5-6-12-13(9-16(21)24-14(12)8-11)17(22)18-15-7-10(2)19-20(15)3/h5-9H,4H2,1-3H3,(H,18,22). The van der Waals surface area contributed by atoms with E-state index < -0.39 is 11.5 Å². The molecule has 0 unspecified atom stereocenters. The highest BCUT2D eigenvalue weighted by atomic mass is 16.5. The fourth-order valence-corrected chi connectivity index (χ4v) is 2.50. The van der Waals surface area contributed by atoms with Crippen LogP contribution in [0.5, 0.6) is 5.75 Å². The van der Waals surface area contributed by atoms with Gasteiger partial charge in [0.05, 0.1) is 17.9 Å². The van der Waals surface area contributed by atoms with Gasteiger partial charge in [0.25, 0.3) is 5.91 Å². The predicted octanol–water partition coefficient (Wildman–Crippen LogP) is 2.49. The molecule has 3 rings (SSSR count). The summed E-state index contributed by atoms with van der Waals surface area (Å²) < 4.78 is 12.1. The Morgan fingerprint density at radius 3 is 2.79 bits per heavy atom. The average molecular weight is 327 g/mol. The first-order valence-corrected chi connectivity index (χ1v) is 7.50. The quantitative estimate of drug-likeness (QED) is 0.744. The Morgan fingerprint density at radius 2 is 2.12 bits per heavy atom. The molecule has 0 bridgehead atoms. The molecule has 1 amide bonds. The number of aromatic nitrogens is 2. The van der Waals surface area contributed by atoms with E-state index in [1.807, 2.05) is 13.8 Å². The number of aryl methyl sites for hydroxylation is 2. The summed E-state index contributed by atoms with van der Waals surface area (Å²) in [7, 11) is 1.73. The van der Waals surface area contributed by atoms with Crippen molar-refractivity contribution in [1.82, 2.24) is 9.78 Å². The summed E-state index contributed by atoms with van der Waals surface area (Å²) in [4.78, 5) is 24.4. The van der Waals surface area contributed by atoms with Gasteiger partial charge in [-0.2, -0.15) is 5.10 Å². The molecule has 0 saturated heterocycles. The highest BCUT2D eigenvalue weighted by Crippen LogP contribution is 2.23. The summed E-state index contributed by atoms with van der Waals surface area (Å²) in [5, 5.41) is 7.47. The Hall–Kier alpha value is -3.09. The van der Waals surface area contributed by atoms with Crippen molar-refractivity contribution < 1.29 is 13.9 Å². The first-order chi connectivity index (χ1) is 11.5. The molecule has 124 valence electrons. The fraction of sp³-hybridized carbons (Fsp3) is 0.235. The molecule has 0 aliphatic heterocycles. The topological polar surface area (TPSA) is 86.4 Å². The number of fused-ring (bicyclic) bond motifs is 1. The van der Waals surface area contributed by atoms with Gasteiger partial charge in [-0.25, -0.2) is 4.79 Å². The molecule has 0 radical (unpaired) electrons. The molecule has 2 heterocycles. The van der Waals surface area contributed by atoms with Gasteiger partial charge in [0.2, 0.25) is 0 Å². The molecule has 0 saturated carbocycles. The van der Waals surface area contributed by atoms with Crippen LogP contribution in [0.2, 0.25) is 0 Å². The van der Waals surface area contributed by atoms with Crippen molar-refractivity contribution in [2.75, 3.05) is 11.9 Å². The summed E-state index contributed by atoms with van der Waals surface area (Å²) >= 11 is 0. The lowest BCUT2D eigenvalue weighted by molar-refractivity contribution is 0.102. The fourth-order valence-electron chi connectivity index (χ4n) is 2.50. The van der Waals surface area contributed by atoms with E-state index in [1.165, 1.54) is 6.07 Å². The van der Waals surface area contributed by atoms with E-state index in [0.29, 0.717) is 29.1 Å². The van der Waals surface area contributed by atoms with Gasteiger partial charge in [-0.1, -0.05) is 0 Å². The molecular formula is C17H17N3O4. The summed E-state index contributed by atoms with van der Waals surface area (Å²) in [5.74, 6) is 0.720. The zero-order valence-corrected chi connectivity index (χ0v) is 13.6. The van der Waals surface area contributed by atoms with E-state index in [0.717, 1.165) is 5.69 Å². The van der Waals surface area contributed by atoms with Crippen LogP contribution in [0.3, 0.4) is 0 Å². The minimum Gasteiger partial charge on any atom is -0.494 e. The molecule has 7 heteroatoms. The Labute approximate surface area is 137 Å². The van der Waals surface area contributed by atoms with E-state index in [9.17, 15) is 9.59 Å².